The molecule has 0 aliphatic carbocycles. The van der Waals surface area contributed by atoms with Crippen LogP contribution in [0.25, 0.3) is 0 Å². The Labute approximate surface area is 136 Å². The van der Waals surface area contributed by atoms with E-state index in [9.17, 15) is 9.59 Å². The first-order valence-corrected chi connectivity index (χ1v) is 8.50. The highest BCUT2D eigenvalue weighted by Crippen LogP contribution is 2.25. The van der Waals surface area contributed by atoms with Gasteiger partial charge in [-0.25, -0.2) is 9.67 Å². The van der Waals surface area contributed by atoms with Gasteiger partial charge in [-0.15, -0.1) is 0 Å². The van der Waals surface area contributed by atoms with E-state index in [1.165, 1.54) is 6.33 Å². The van der Waals surface area contributed by atoms with E-state index in [-0.39, 0.29) is 29.8 Å². The van der Waals surface area contributed by atoms with Crippen LogP contribution in [0, 0.1) is 5.92 Å². The third-order valence-electron chi connectivity index (χ3n) is 4.85. The highest BCUT2D eigenvalue weighted by Gasteiger charge is 2.38. The maximum absolute atomic E-state index is 13.1. The normalized spacial score (nSPS) is 23.6. The number of aromatic nitrogens is 3. The summed E-state index contributed by atoms with van der Waals surface area (Å²) in [6.45, 7) is 6.15. The number of nitrogens with zero attached hydrogens (tertiary/aromatic N) is 5. The quantitative estimate of drug-likeness (QED) is 0.833. The topological polar surface area (TPSA) is 71.3 Å². The molecule has 0 bridgehead atoms. The molecule has 0 aromatic carbocycles. The van der Waals surface area contributed by atoms with Gasteiger partial charge in [0.05, 0.1) is 6.04 Å². The zero-order valence-electron chi connectivity index (χ0n) is 13.9. The predicted octanol–water partition coefficient (Wildman–Crippen LogP) is 1.09. The van der Waals surface area contributed by atoms with Gasteiger partial charge in [-0.05, 0) is 25.2 Å². The molecule has 0 spiro atoms. The Kier molecular flexibility index (Phi) is 4.63. The molecule has 2 aliphatic rings. The average Bonchev–Trinajstić information content (AvgIpc) is 3.20. The molecule has 7 nitrogen and oxygen atoms in total. The number of likely N-dealkylation sites (tertiary alicyclic amines) is 2. The van der Waals surface area contributed by atoms with Crippen molar-refractivity contribution >= 4 is 11.8 Å². The SMILES string of the molecule is CC(C)C(C(=O)N1CCCC(n2cncn2)C1)N1CCCC1=O. The molecule has 126 valence electrons. The Bertz CT molecular complexity index is 557. The van der Waals surface area contributed by atoms with Gasteiger partial charge in [0.25, 0.3) is 0 Å². The van der Waals surface area contributed by atoms with Gasteiger partial charge in [0.2, 0.25) is 11.8 Å². The summed E-state index contributed by atoms with van der Waals surface area (Å²) >= 11 is 0. The van der Waals surface area contributed by atoms with Crippen molar-refractivity contribution in [2.45, 2.75) is 51.6 Å². The van der Waals surface area contributed by atoms with E-state index in [4.69, 9.17) is 0 Å². The fourth-order valence-electron chi connectivity index (χ4n) is 3.71. The smallest absolute Gasteiger partial charge is 0.245 e. The molecular weight excluding hydrogens is 294 g/mol. The van der Waals surface area contributed by atoms with Crippen LogP contribution in [0.1, 0.15) is 45.6 Å². The van der Waals surface area contributed by atoms with Gasteiger partial charge in [0.1, 0.15) is 18.7 Å². The number of piperidine rings is 1. The first-order valence-electron chi connectivity index (χ1n) is 8.50. The van der Waals surface area contributed by atoms with Crippen LogP contribution in [0.3, 0.4) is 0 Å². The number of carbonyl (C=O) groups is 2. The standard InChI is InChI=1S/C16H25N5O2/c1-12(2)15(20-8-4-6-14(20)22)16(23)19-7-3-5-13(9-19)21-11-17-10-18-21/h10-13,15H,3-9H2,1-2H3. The lowest BCUT2D eigenvalue weighted by Gasteiger charge is -2.38. The lowest BCUT2D eigenvalue weighted by atomic mass is 9.98. The van der Waals surface area contributed by atoms with E-state index >= 15 is 0 Å². The summed E-state index contributed by atoms with van der Waals surface area (Å²) in [5.41, 5.74) is 0. The monoisotopic (exact) mass is 319 g/mol. The molecule has 2 aliphatic heterocycles. The van der Waals surface area contributed by atoms with Crippen molar-refractivity contribution in [3.63, 3.8) is 0 Å². The summed E-state index contributed by atoms with van der Waals surface area (Å²) in [4.78, 5) is 32.9. The van der Waals surface area contributed by atoms with Gasteiger partial charge in [-0.1, -0.05) is 13.8 Å². The minimum Gasteiger partial charge on any atom is -0.339 e. The summed E-state index contributed by atoms with van der Waals surface area (Å²) in [5, 5.41) is 4.21. The molecule has 7 heteroatoms. The molecule has 0 N–H and O–H groups in total. The predicted molar refractivity (Wildman–Crippen MR) is 84.4 cm³/mol. The third kappa shape index (κ3) is 3.23. The van der Waals surface area contributed by atoms with Crippen molar-refractivity contribution in [2.24, 2.45) is 5.92 Å². The molecule has 2 amide bonds. The minimum atomic E-state index is -0.334. The van der Waals surface area contributed by atoms with Crippen LogP contribution in [0.4, 0.5) is 0 Å². The van der Waals surface area contributed by atoms with Crippen LogP contribution in [0.5, 0.6) is 0 Å². The molecular formula is C16H25N5O2. The van der Waals surface area contributed by atoms with Crippen LogP contribution in [0.2, 0.25) is 0 Å². The number of hydrogen-bond acceptors (Lipinski definition) is 4. The first kappa shape index (κ1) is 16.0. The minimum absolute atomic E-state index is 0.0834. The van der Waals surface area contributed by atoms with E-state index in [0.29, 0.717) is 19.5 Å². The summed E-state index contributed by atoms with van der Waals surface area (Å²) in [6.07, 6.45) is 6.62. The largest absolute Gasteiger partial charge is 0.339 e. The first-order chi connectivity index (χ1) is 11.1. The van der Waals surface area contributed by atoms with E-state index in [2.05, 4.69) is 10.1 Å². The van der Waals surface area contributed by atoms with Gasteiger partial charge in [0.15, 0.2) is 0 Å². The van der Waals surface area contributed by atoms with Crippen molar-refractivity contribution in [1.29, 1.82) is 0 Å². The Morgan fingerprint density at radius 2 is 2.13 bits per heavy atom. The molecule has 2 saturated heterocycles. The Morgan fingerprint density at radius 3 is 2.74 bits per heavy atom. The Hall–Kier alpha value is -1.92. The number of hydrogen-bond donors (Lipinski definition) is 0. The maximum Gasteiger partial charge on any atom is 0.245 e. The highest BCUT2D eigenvalue weighted by atomic mass is 16.2. The van der Waals surface area contributed by atoms with Crippen molar-refractivity contribution < 1.29 is 9.59 Å². The number of carbonyl (C=O) groups excluding carboxylic acids is 2. The van der Waals surface area contributed by atoms with Gasteiger partial charge in [-0.2, -0.15) is 5.10 Å². The molecule has 3 heterocycles. The Morgan fingerprint density at radius 1 is 1.30 bits per heavy atom. The highest BCUT2D eigenvalue weighted by molar-refractivity contribution is 5.89. The van der Waals surface area contributed by atoms with Crippen molar-refractivity contribution in [1.82, 2.24) is 24.6 Å². The second-order valence-electron chi connectivity index (χ2n) is 6.84. The second kappa shape index (κ2) is 6.68. The van der Waals surface area contributed by atoms with Gasteiger partial charge < -0.3 is 9.80 Å². The van der Waals surface area contributed by atoms with E-state index < -0.39 is 0 Å². The Balaban J connectivity index is 1.73. The summed E-state index contributed by atoms with van der Waals surface area (Å²) in [6, 6.07) is -0.156. The molecule has 0 radical (unpaired) electrons. The van der Waals surface area contributed by atoms with Crippen molar-refractivity contribution in [2.75, 3.05) is 19.6 Å². The van der Waals surface area contributed by atoms with Gasteiger partial charge in [-0.3, -0.25) is 9.59 Å². The molecule has 2 fully saturated rings. The van der Waals surface area contributed by atoms with Crippen LogP contribution in [-0.2, 0) is 9.59 Å². The summed E-state index contributed by atoms with van der Waals surface area (Å²) in [5.74, 6) is 0.318. The zero-order chi connectivity index (χ0) is 16.4. The third-order valence-corrected chi connectivity index (χ3v) is 4.85. The van der Waals surface area contributed by atoms with Crippen molar-refractivity contribution in [3.05, 3.63) is 12.7 Å². The molecule has 1 aromatic heterocycles. The molecule has 2 atom stereocenters. The van der Waals surface area contributed by atoms with Crippen LogP contribution in [0.15, 0.2) is 12.7 Å². The van der Waals surface area contributed by atoms with E-state index in [1.54, 1.807) is 11.2 Å². The number of rotatable bonds is 4. The summed E-state index contributed by atoms with van der Waals surface area (Å²) < 4.78 is 1.84. The molecule has 23 heavy (non-hydrogen) atoms. The fraction of sp³-hybridized carbons (Fsp3) is 0.750. The molecule has 1 aromatic rings. The van der Waals surface area contributed by atoms with Crippen LogP contribution >= 0.6 is 0 Å². The lowest BCUT2D eigenvalue weighted by Crippen LogP contribution is -2.54. The van der Waals surface area contributed by atoms with Gasteiger partial charge >= 0.3 is 0 Å². The second-order valence-corrected chi connectivity index (χ2v) is 6.84. The van der Waals surface area contributed by atoms with E-state index in [0.717, 1.165) is 25.8 Å². The van der Waals surface area contributed by atoms with Crippen molar-refractivity contribution in [3.8, 4) is 0 Å². The zero-order valence-corrected chi connectivity index (χ0v) is 13.9. The lowest BCUT2D eigenvalue weighted by molar-refractivity contribution is -0.146. The van der Waals surface area contributed by atoms with Gasteiger partial charge in [0, 0.05) is 26.1 Å². The fourth-order valence-corrected chi connectivity index (χ4v) is 3.71. The molecule has 0 saturated carbocycles. The maximum atomic E-state index is 13.1. The van der Waals surface area contributed by atoms with Crippen LogP contribution in [-0.4, -0.2) is 62.1 Å². The average molecular weight is 319 g/mol. The summed E-state index contributed by atoms with van der Waals surface area (Å²) in [7, 11) is 0. The molecule has 3 rings (SSSR count). The molecule has 2 unspecified atom stereocenters. The van der Waals surface area contributed by atoms with E-state index in [1.807, 2.05) is 23.4 Å². The number of amides is 2. The van der Waals surface area contributed by atoms with Crippen LogP contribution < -0.4 is 0 Å².